The van der Waals surface area contributed by atoms with Gasteiger partial charge in [-0.15, -0.1) is 0 Å². The van der Waals surface area contributed by atoms with E-state index in [0.717, 1.165) is 29.2 Å². The number of thioether (sulfide) groups is 1. The van der Waals surface area contributed by atoms with Crippen LogP contribution in [0.2, 0.25) is 0 Å². The average molecular weight is 400 g/mol. The zero-order chi connectivity index (χ0) is 18.7. The molecule has 0 fully saturated rings. The Balaban J connectivity index is 1.90. The molecule has 11 heteroatoms. The van der Waals surface area contributed by atoms with Crippen LogP contribution in [0.15, 0.2) is 28.2 Å². The number of aromatic amines is 1. The lowest BCUT2D eigenvalue weighted by atomic mass is 10.2. The molecular weight excluding hydrogens is 386 g/mol. The van der Waals surface area contributed by atoms with Crippen molar-refractivity contribution in [1.82, 2.24) is 15.0 Å². The van der Waals surface area contributed by atoms with E-state index in [1.54, 1.807) is 0 Å². The number of nitrogens with one attached hydrogen (secondary N) is 2. The second kappa shape index (κ2) is 8.08. The number of nitrogens with zero attached hydrogens (tertiary/aromatic N) is 2. The number of thiazole rings is 1. The zero-order valence-electron chi connectivity index (χ0n) is 13.2. The summed E-state index contributed by atoms with van der Waals surface area (Å²) in [6.45, 7) is -0.670. The Kier molecular flexibility index (Phi) is 5.81. The molecule has 138 valence electrons. The van der Waals surface area contributed by atoms with Gasteiger partial charge in [-0.05, 0) is 6.07 Å². The molecule has 3 aromatic rings. The van der Waals surface area contributed by atoms with E-state index in [0.29, 0.717) is 4.70 Å². The molecular formula is C15H14F2N4O3S2. The molecule has 26 heavy (non-hydrogen) atoms. The Morgan fingerprint density at radius 1 is 1.27 bits per heavy atom. The van der Waals surface area contributed by atoms with E-state index >= 15 is 0 Å². The summed E-state index contributed by atoms with van der Waals surface area (Å²) in [6, 6.07) is 3.25. The summed E-state index contributed by atoms with van der Waals surface area (Å²) in [5.41, 5.74) is 0.449. The SMILES string of the molecule is O=c1[nH]c2nc(SCc3cccc(F)c3F)nc(NC(CO)CO)c2s1. The van der Waals surface area contributed by atoms with Crippen molar-refractivity contribution in [1.29, 1.82) is 0 Å². The van der Waals surface area contributed by atoms with Crippen LogP contribution in [0.3, 0.4) is 0 Å². The molecule has 4 N–H and O–H groups in total. The quantitative estimate of drug-likeness (QED) is 0.353. The number of benzene rings is 1. The van der Waals surface area contributed by atoms with Crippen molar-refractivity contribution in [3.05, 3.63) is 45.1 Å². The minimum Gasteiger partial charge on any atom is -0.394 e. The van der Waals surface area contributed by atoms with Crippen molar-refractivity contribution >= 4 is 39.3 Å². The molecule has 1 aromatic carbocycles. The average Bonchev–Trinajstić information content (AvgIpc) is 3.01. The largest absolute Gasteiger partial charge is 0.394 e. The molecule has 0 aliphatic rings. The van der Waals surface area contributed by atoms with Crippen molar-refractivity contribution in [2.75, 3.05) is 18.5 Å². The molecule has 0 aliphatic carbocycles. The van der Waals surface area contributed by atoms with Gasteiger partial charge in [-0.1, -0.05) is 35.2 Å². The van der Waals surface area contributed by atoms with E-state index in [1.165, 1.54) is 12.1 Å². The number of hydrogen-bond acceptors (Lipinski definition) is 8. The van der Waals surface area contributed by atoms with Gasteiger partial charge in [0.1, 0.15) is 4.70 Å². The lowest BCUT2D eigenvalue weighted by Crippen LogP contribution is -2.28. The fourth-order valence-corrected chi connectivity index (χ4v) is 3.68. The van der Waals surface area contributed by atoms with Crippen molar-refractivity contribution in [2.24, 2.45) is 0 Å². The van der Waals surface area contributed by atoms with Gasteiger partial charge in [0, 0.05) is 11.3 Å². The second-order valence-corrected chi connectivity index (χ2v) is 7.18. The lowest BCUT2D eigenvalue weighted by molar-refractivity contribution is 0.203. The Hall–Kier alpha value is -2.08. The topological polar surface area (TPSA) is 111 Å². The van der Waals surface area contributed by atoms with Crippen LogP contribution >= 0.6 is 23.1 Å². The second-order valence-electron chi connectivity index (χ2n) is 5.26. The first-order valence-electron chi connectivity index (χ1n) is 7.46. The molecule has 2 aromatic heterocycles. The number of halogens is 2. The Bertz CT molecular complexity index is 975. The van der Waals surface area contributed by atoms with Gasteiger partial charge in [0.05, 0.1) is 19.3 Å². The molecule has 0 atom stereocenters. The molecule has 0 saturated carbocycles. The third-order valence-corrected chi connectivity index (χ3v) is 5.20. The maximum Gasteiger partial charge on any atom is 0.306 e. The predicted molar refractivity (Wildman–Crippen MR) is 95.5 cm³/mol. The number of aliphatic hydroxyl groups excluding tert-OH is 2. The van der Waals surface area contributed by atoms with Gasteiger partial charge in [-0.25, -0.2) is 18.7 Å². The predicted octanol–water partition coefficient (Wildman–Crippen LogP) is 1.72. The molecule has 0 unspecified atom stereocenters. The fraction of sp³-hybridized carbons (Fsp3) is 0.267. The number of anilines is 1. The van der Waals surface area contributed by atoms with Gasteiger partial charge >= 0.3 is 4.87 Å². The molecule has 0 aliphatic heterocycles. The summed E-state index contributed by atoms with van der Waals surface area (Å²) in [5, 5.41) is 21.5. The monoisotopic (exact) mass is 400 g/mol. The van der Waals surface area contributed by atoms with Gasteiger partial charge in [0.2, 0.25) is 0 Å². The van der Waals surface area contributed by atoms with Crippen LogP contribution in [-0.2, 0) is 5.75 Å². The molecule has 0 bridgehead atoms. The van der Waals surface area contributed by atoms with Gasteiger partial charge in [-0.2, -0.15) is 0 Å². The van der Waals surface area contributed by atoms with E-state index in [9.17, 15) is 23.8 Å². The minimum atomic E-state index is -0.933. The first kappa shape index (κ1) is 18.7. The number of fused-ring (bicyclic) bond motifs is 1. The standard InChI is InChI=1S/C15H14F2N4O3S2/c16-9-3-1-2-7(10(9)17)6-25-14-19-12(18-8(4-22)5-23)11-13(20-14)21-15(24)26-11/h1-3,8,22-23H,4-6H2,(H2,18,19,20,21,24). The van der Waals surface area contributed by atoms with Gasteiger partial charge in [0.15, 0.2) is 28.3 Å². The third-order valence-electron chi connectivity index (χ3n) is 3.43. The Labute approximate surface area is 154 Å². The van der Waals surface area contributed by atoms with Crippen molar-refractivity contribution < 1.29 is 19.0 Å². The van der Waals surface area contributed by atoms with Crippen LogP contribution in [0.5, 0.6) is 0 Å². The van der Waals surface area contributed by atoms with Gasteiger partial charge in [-0.3, -0.25) is 9.78 Å². The summed E-state index contributed by atoms with van der Waals surface area (Å²) < 4.78 is 27.5. The third kappa shape index (κ3) is 4.01. The number of hydrogen-bond donors (Lipinski definition) is 4. The normalized spacial score (nSPS) is 11.4. The van der Waals surface area contributed by atoms with E-state index in [4.69, 9.17) is 0 Å². The molecule has 2 heterocycles. The van der Waals surface area contributed by atoms with Crippen LogP contribution < -0.4 is 10.2 Å². The maximum absolute atomic E-state index is 13.8. The molecule has 3 rings (SSSR count). The summed E-state index contributed by atoms with van der Waals surface area (Å²) >= 11 is 1.95. The van der Waals surface area contributed by atoms with Crippen LogP contribution in [0.4, 0.5) is 14.6 Å². The van der Waals surface area contributed by atoms with E-state index in [-0.39, 0.29) is 46.0 Å². The zero-order valence-corrected chi connectivity index (χ0v) is 14.8. The molecule has 0 spiro atoms. The Morgan fingerprint density at radius 2 is 2.04 bits per heavy atom. The van der Waals surface area contributed by atoms with E-state index < -0.39 is 17.7 Å². The van der Waals surface area contributed by atoms with Crippen molar-refractivity contribution in [3.63, 3.8) is 0 Å². The van der Waals surface area contributed by atoms with Crippen LogP contribution in [-0.4, -0.2) is 44.4 Å². The highest BCUT2D eigenvalue weighted by molar-refractivity contribution is 7.98. The van der Waals surface area contributed by atoms with Gasteiger partial charge < -0.3 is 15.5 Å². The van der Waals surface area contributed by atoms with Crippen molar-refractivity contribution in [3.8, 4) is 0 Å². The van der Waals surface area contributed by atoms with Crippen LogP contribution in [0, 0.1) is 11.6 Å². The highest BCUT2D eigenvalue weighted by atomic mass is 32.2. The number of aliphatic hydroxyl groups is 2. The first-order valence-corrected chi connectivity index (χ1v) is 9.26. The van der Waals surface area contributed by atoms with E-state index in [1.807, 2.05) is 0 Å². The fourth-order valence-electron chi connectivity index (χ4n) is 2.13. The smallest absolute Gasteiger partial charge is 0.306 e. The molecule has 7 nitrogen and oxygen atoms in total. The summed E-state index contributed by atoms with van der Waals surface area (Å²) in [5.74, 6) is -1.50. The number of H-pyrrole nitrogens is 1. The molecule has 0 saturated heterocycles. The van der Waals surface area contributed by atoms with Crippen LogP contribution in [0.25, 0.3) is 10.3 Å². The minimum absolute atomic E-state index is 0.0896. The molecule has 0 amide bonds. The summed E-state index contributed by atoms with van der Waals surface area (Å²) in [6.07, 6.45) is 0. The summed E-state index contributed by atoms with van der Waals surface area (Å²) in [7, 11) is 0. The number of aromatic nitrogens is 3. The maximum atomic E-state index is 13.8. The van der Waals surface area contributed by atoms with Crippen LogP contribution in [0.1, 0.15) is 5.56 Å². The number of rotatable bonds is 7. The molecule has 0 radical (unpaired) electrons. The van der Waals surface area contributed by atoms with Gasteiger partial charge in [0.25, 0.3) is 0 Å². The summed E-state index contributed by atoms with van der Waals surface area (Å²) in [4.78, 5) is 22.3. The lowest BCUT2D eigenvalue weighted by Gasteiger charge is -2.14. The van der Waals surface area contributed by atoms with E-state index in [2.05, 4.69) is 20.3 Å². The Morgan fingerprint density at radius 3 is 2.77 bits per heavy atom. The first-order chi connectivity index (χ1) is 12.5. The highest BCUT2D eigenvalue weighted by Gasteiger charge is 2.16. The van der Waals surface area contributed by atoms with Crippen molar-refractivity contribution in [2.45, 2.75) is 17.0 Å². The highest BCUT2D eigenvalue weighted by Crippen LogP contribution is 2.28.